The molecule has 43 heavy (non-hydrogen) atoms. The third-order valence-corrected chi connectivity index (χ3v) is 9.77. The highest BCUT2D eigenvalue weighted by Crippen LogP contribution is 2.39. The van der Waals surface area contributed by atoms with Gasteiger partial charge in [0.1, 0.15) is 11.6 Å². The highest BCUT2D eigenvalue weighted by Gasteiger charge is 2.41. The van der Waals surface area contributed by atoms with Gasteiger partial charge in [-0.25, -0.2) is 4.79 Å². The Labute approximate surface area is 257 Å². The zero-order chi connectivity index (χ0) is 30.5. The summed E-state index contributed by atoms with van der Waals surface area (Å²) in [5.74, 6) is -0.928. The third kappa shape index (κ3) is 6.35. The van der Waals surface area contributed by atoms with Crippen molar-refractivity contribution in [3.63, 3.8) is 0 Å². The van der Waals surface area contributed by atoms with Gasteiger partial charge in [0.05, 0.1) is 22.9 Å². The van der Waals surface area contributed by atoms with Crippen molar-refractivity contribution in [1.29, 1.82) is 0 Å². The summed E-state index contributed by atoms with van der Waals surface area (Å²) in [4.78, 5) is 57.5. The maximum absolute atomic E-state index is 13.1. The Morgan fingerprint density at radius 1 is 0.953 bits per heavy atom. The van der Waals surface area contributed by atoms with E-state index in [2.05, 4.69) is 15.1 Å². The second-order valence-corrected chi connectivity index (χ2v) is 13.8. The first-order valence-corrected chi connectivity index (χ1v) is 15.9. The molecule has 0 radical (unpaired) electrons. The number of hydrogen-bond donors (Lipinski definition) is 1. The molecule has 0 spiro atoms. The van der Waals surface area contributed by atoms with Gasteiger partial charge in [-0.05, 0) is 65.0 Å². The van der Waals surface area contributed by atoms with Gasteiger partial charge in [-0.1, -0.05) is 11.6 Å². The summed E-state index contributed by atoms with van der Waals surface area (Å²) in [6.45, 7) is 10.8. The van der Waals surface area contributed by atoms with Gasteiger partial charge in [-0.3, -0.25) is 24.6 Å². The molecule has 6 rings (SSSR count). The van der Waals surface area contributed by atoms with Crippen molar-refractivity contribution in [2.24, 2.45) is 0 Å². The standard InChI is InChI=1S/C31H42ClN5O6/c1-31(2,3)43-30(41)36-10-8-20(9-11-36)42-21-16-19(17-21)34-12-14-35(15-13-34)24-5-4-22-23(27(24)32)18-37(29(22)40)25-6-7-26(38)33-28(25)39/h4-5,19-21,25H,6-18H2,1-3H3,(H,33,38,39). The SMILES string of the molecule is CC(C)(C)OC(=O)N1CCC(OC2CC(N3CCN(c4ccc5c(c4Cl)CN(C4CCC(=O)NC4=O)C5=O)CC3)C2)CC1. The van der Waals surface area contributed by atoms with Crippen LogP contribution in [-0.2, 0) is 25.6 Å². The first kappa shape index (κ1) is 30.1. The Bertz CT molecular complexity index is 1280. The van der Waals surface area contributed by atoms with Crippen molar-refractivity contribution in [2.45, 2.75) is 95.7 Å². The molecule has 11 nitrogen and oxygen atoms in total. The summed E-state index contributed by atoms with van der Waals surface area (Å²) in [5.41, 5.74) is 1.73. The Kier molecular flexibility index (Phi) is 8.34. The van der Waals surface area contributed by atoms with E-state index in [1.807, 2.05) is 32.9 Å². The minimum Gasteiger partial charge on any atom is -0.444 e. The summed E-state index contributed by atoms with van der Waals surface area (Å²) in [7, 11) is 0. The smallest absolute Gasteiger partial charge is 0.410 e. The molecule has 1 saturated carbocycles. The van der Waals surface area contributed by atoms with Gasteiger partial charge in [-0.15, -0.1) is 0 Å². The summed E-state index contributed by atoms with van der Waals surface area (Å²) < 4.78 is 11.9. The molecule has 12 heteroatoms. The van der Waals surface area contributed by atoms with E-state index in [1.54, 1.807) is 9.80 Å². The van der Waals surface area contributed by atoms with Gasteiger partial charge in [0.25, 0.3) is 5.91 Å². The predicted octanol–water partition coefficient (Wildman–Crippen LogP) is 3.17. The molecule has 1 aromatic carbocycles. The van der Waals surface area contributed by atoms with Crippen molar-refractivity contribution in [1.82, 2.24) is 20.0 Å². The number of benzene rings is 1. The number of imide groups is 1. The average molecular weight is 616 g/mol. The minimum atomic E-state index is -0.652. The number of halogens is 1. The number of nitrogens with one attached hydrogen (secondary N) is 1. The lowest BCUT2D eigenvalue weighted by Gasteiger charge is -2.47. The summed E-state index contributed by atoms with van der Waals surface area (Å²) in [6.07, 6.45) is 4.54. The number of ether oxygens (including phenoxy) is 2. The summed E-state index contributed by atoms with van der Waals surface area (Å²) in [5, 5.41) is 2.92. The number of piperazine rings is 1. The lowest BCUT2D eigenvalue weighted by Crippen LogP contribution is -2.56. The van der Waals surface area contributed by atoms with E-state index >= 15 is 0 Å². The number of fused-ring (bicyclic) bond motifs is 1. The Morgan fingerprint density at radius 2 is 1.65 bits per heavy atom. The molecule has 4 aliphatic heterocycles. The fourth-order valence-corrected chi connectivity index (χ4v) is 7.23. The van der Waals surface area contributed by atoms with Gasteiger partial charge >= 0.3 is 6.09 Å². The van der Waals surface area contributed by atoms with Crippen molar-refractivity contribution in [3.05, 3.63) is 28.3 Å². The van der Waals surface area contributed by atoms with Gasteiger partial charge in [0, 0.05) is 69.4 Å². The van der Waals surface area contributed by atoms with E-state index in [0.717, 1.165) is 63.1 Å². The van der Waals surface area contributed by atoms with Crippen molar-refractivity contribution < 1.29 is 28.7 Å². The predicted molar refractivity (Wildman–Crippen MR) is 160 cm³/mol. The van der Waals surface area contributed by atoms with E-state index in [1.165, 1.54) is 0 Å². The van der Waals surface area contributed by atoms with Gasteiger partial charge in [0.2, 0.25) is 11.8 Å². The van der Waals surface area contributed by atoms with E-state index in [-0.39, 0.29) is 43.1 Å². The van der Waals surface area contributed by atoms with Crippen LogP contribution in [0.2, 0.25) is 5.02 Å². The van der Waals surface area contributed by atoms with Crippen LogP contribution in [0.5, 0.6) is 0 Å². The summed E-state index contributed by atoms with van der Waals surface area (Å²) >= 11 is 6.89. The van der Waals surface area contributed by atoms with Crippen LogP contribution in [0.25, 0.3) is 0 Å². The third-order valence-electron chi connectivity index (χ3n) is 9.35. The molecule has 0 bridgehead atoms. The maximum atomic E-state index is 13.1. The number of piperidine rings is 2. The van der Waals surface area contributed by atoms with Gasteiger partial charge < -0.3 is 24.2 Å². The summed E-state index contributed by atoms with van der Waals surface area (Å²) in [6, 6.07) is 3.61. The monoisotopic (exact) mass is 615 g/mol. The Balaban J connectivity index is 0.955. The topological polar surface area (TPSA) is 112 Å². The normalized spacial score (nSPS) is 27.2. The second-order valence-electron chi connectivity index (χ2n) is 13.4. The van der Waals surface area contributed by atoms with E-state index in [9.17, 15) is 19.2 Å². The van der Waals surface area contributed by atoms with E-state index in [4.69, 9.17) is 21.1 Å². The molecule has 4 heterocycles. The molecule has 4 amide bonds. The molecule has 1 aromatic rings. The molecule has 5 aliphatic rings. The molecule has 3 saturated heterocycles. The van der Waals surface area contributed by atoms with Crippen molar-refractivity contribution in [2.75, 3.05) is 44.2 Å². The molecule has 1 N–H and O–H groups in total. The lowest BCUT2D eigenvalue weighted by molar-refractivity contribution is -0.136. The number of nitrogens with zero attached hydrogens (tertiary/aromatic N) is 4. The Morgan fingerprint density at radius 3 is 2.30 bits per heavy atom. The first-order valence-electron chi connectivity index (χ1n) is 15.6. The quantitative estimate of drug-likeness (QED) is 0.503. The van der Waals surface area contributed by atoms with Crippen LogP contribution in [0.1, 0.15) is 75.2 Å². The number of carbonyl (C=O) groups excluding carboxylic acids is 4. The lowest BCUT2D eigenvalue weighted by atomic mass is 9.87. The molecular formula is C31H42ClN5O6. The fraction of sp³-hybridized carbons (Fsp3) is 0.677. The molecule has 1 unspecified atom stereocenters. The van der Waals surface area contributed by atoms with Crippen LogP contribution in [0.3, 0.4) is 0 Å². The molecule has 0 aromatic heterocycles. The Hall–Kier alpha value is -2.89. The largest absolute Gasteiger partial charge is 0.444 e. The zero-order valence-corrected chi connectivity index (χ0v) is 26.0. The number of anilines is 1. The zero-order valence-electron chi connectivity index (χ0n) is 25.3. The van der Waals surface area contributed by atoms with E-state index in [0.29, 0.717) is 36.1 Å². The molecular weight excluding hydrogens is 574 g/mol. The second kappa shape index (κ2) is 11.9. The van der Waals surface area contributed by atoms with Crippen LogP contribution < -0.4 is 10.2 Å². The van der Waals surface area contributed by atoms with Crippen LogP contribution in [0.15, 0.2) is 12.1 Å². The fourth-order valence-electron chi connectivity index (χ4n) is 6.88. The van der Waals surface area contributed by atoms with Crippen LogP contribution in [-0.4, -0.2) is 108 Å². The number of likely N-dealkylation sites (tertiary alicyclic amines) is 1. The molecule has 1 aliphatic carbocycles. The maximum Gasteiger partial charge on any atom is 0.410 e. The van der Waals surface area contributed by atoms with Gasteiger partial charge in [0.15, 0.2) is 0 Å². The highest BCUT2D eigenvalue weighted by molar-refractivity contribution is 6.35. The number of carbonyl (C=O) groups is 4. The van der Waals surface area contributed by atoms with Crippen LogP contribution >= 0.6 is 11.6 Å². The number of rotatable bonds is 5. The molecule has 1 atom stereocenters. The molecule has 4 fully saturated rings. The highest BCUT2D eigenvalue weighted by atomic mass is 35.5. The number of hydrogen-bond acceptors (Lipinski definition) is 8. The van der Waals surface area contributed by atoms with Crippen molar-refractivity contribution in [3.8, 4) is 0 Å². The first-order chi connectivity index (χ1) is 20.5. The number of amides is 4. The minimum absolute atomic E-state index is 0.196. The van der Waals surface area contributed by atoms with E-state index < -0.39 is 17.6 Å². The van der Waals surface area contributed by atoms with Crippen LogP contribution in [0, 0.1) is 0 Å². The van der Waals surface area contributed by atoms with Gasteiger partial charge in [-0.2, -0.15) is 0 Å². The van der Waals surface area contributed by atoms with Crippen LogP contribution in [0.4, 0.5) is 10.5 Å². The molecule has 234 valence electrons. The average Bonchev–Trinajstić information content (AvgIpc) is 3.27. The van der Waals surface area contributed by atoms with Crippen molar-refractivity contribution >= 4 is 41.1 Å².